The molecule has 8 saturated carbocycles. The van der Waals surface area contributed by atoms with Crippen LogP contribution in [0.4, 0.5) is 30.7 Å². The molecule has 10 aliphatic rings. The van der Waals surface area contributed by atoms with E-state index >= 15 is 0 Å². The van der Waals surface area contributed by atoms with Crippen LogP contribution in [0.5, 0.6) is 0 Å². The molecule has 0 amide bonds. The van der Waals surface area contributed by atoms with Crippen molar-refractivity contribution in [2.45, 2.75) is 353 Å². The lowest BCUT2D eigenvalue weighted by atomic mass is 9.89. The van der Waals surface area contributed by atoms with Gasteiger partial charge in [0.2, 0.25) is 0 Å². The van der Waals surface area contributed by atoms with Gasteiger partial charge in [-0.3, -0.25) is 0 Å². The molecule has 97 heavy (non-hydrogen) atoms. The topological polar surface area (TPSA) is 50.2 Å². The number of hydrogen-bond donors (Lipinski definition) is 2. The summed E-state index contributed by atoms with van der Waals surface area (Å²) in [6.45, 7) is 75.2. The Morgan fingerprint density at radius 3 is 0.876 bits per heavy atom. The van der Waals surface area contributed by atoms with Crippen molar-refractivity contribution < 1.29 is 40.9 Å². The molecule has 10 rings (SSSR count). The second-order valence-electron chi connectivity index (χ2n) is 38.1. The minimum atomic E-state index is -3.98. The standard InChI is InChI=1S/C9H19N.C7H13F.C7H15N.3C7H14.3C6H11F.C6H15N.C6H12O.C6H14O.C5H9F3/c1-9(2)8-10-6-4-3-5-7-10;1-5(2)6-4-7(6,3)8;1-6(2)7-4-8(3)5-7;3*1-5(2)7-4-6(7)3;1-5(2)6(7)3-4-6;2*1-4(2)5-3-6(5)7;1-6(2)5-7(3)4;1-5(2)6(7)3-4-6;1-5(2)6(3,4)7;1-4(2)3-5(6,7)8/h9H,3-8H2,1-2H3;5-6H,4H2,1-3H3;6-7H,4-5H2,1-3H3;3*5-7H,4H2,1-3H3;5H,3-4H2,1-2H3;2*4-6H,3H2,1-2H3;6H,5H2,1-4H3;5,7H,3-4H2,1-2H3;5,7H,1-4H3;4H,3H2,1-2H3/t;;;2*6-,7+;6-,7-;;5-,6-;;;;;/m...100.1...../s1. The SMILES string of the molecule is CC(C)C(C)(C)O.CC(C)C1(F)CC1.CC(C)C1(O)CC1.CC(C)C1CC1(C)F.CC(C)C1CC1F.CC(C)C1CN(C)C1.CC(C)CC(F)(F)F.CC(C)CN(C)C.CC(C)CN1CCCCC1.CC(C)[C@@H]1C[C@@H]1C.CC(C)[C@@H]1C[C@H]1C.CC(C)[C@H]1C[C@@H]1C.CC(C)[C@H]1C[C@H]1F. The molecule has 2 heterocycles. The van der Waals surface area contributed by atoms with Crippen molar-refractivity contribution in [2.75, 3.05) is 60.4 Å². The van der Waals surface area contributed by atoms with Crippen LogP contribution in [-0.2, 0) is 0 Å². The Bertz CT molecular complexity index is 1730. The highest BCUT2D eigenvalue weighted by Gasteiger charge is 2.52. The van der Waals surface area contributed by atoms with Crippen molar-refractivity contribution in [1.29, 1.82) is 0 Å². The summed E-state index contributed by atoms with van der Waals surface area (Å²) < 4.78 is 83.3. The minimum absolute atomic E-state index is 0.243. The molecule has 8 aliphatic carbocycles. The van der Waals surface area contributed by atoms with Gasteiger partial charge < -0.3 is 24.9 Å². The fourth-order valence-electron chi connectivity index (χ4n) is 12.3. The van der Waals surface area contributed by atoms with Crippen LogP contribution in [0.1, 0.15) is 311 Å². The van der Waals surface area contributed by atoms with Crippen molar-refractivity contribution in [2.24, 2.45) is 136 Å². The highest BCUT2D eigenvalue weighted by Crippen LogP contribution is 2.51. The molecule has 5 nitrogen and oxygen atoms in total. The lowest BCUT2D eigenvalue weighted by Gasteiger charge is -2.38. The third-order valence-corrected chi connectivity index (χ3v) is 21.8. The van der Waals surface area contributed by atoms with Gasteiger partial charge in [-0.15, -0.1) is 0 Å². The van der Waals surface area contributed by atoms with E-state index in [0.29, 0.717) is 47.3 Å². The number of rotatable bonds is 15. The van der Waals surface area contributed by atoms with Crippen LogP contribution < -0.4 is 0 Å². The summed E-state index contributed by atoms with van der Waals surface area (Å²) in [5, 5.41) is 18.3. The van der Waals surface area contributed by atoms with Gasteiger partial charge in [0.1, 0.15) is 23.7 Å². The maximum atomic E-state index is 12.7. The number of hydrogen-bond acceptors (Lipinski definition) is 5. The Balaban J connectivity index is -0.000000988. The normalized spacial score (nSPS) is 28.7. The van der Waals surface area contributed by atoms with Gasteiger partial charge in [0, 0.05) is 26.1 Å². The van der Waals surface area contributed by atoms with E-state index in [1.165, 1.54) is 77.8 Å². The van der Waals surface area contributed by atoms with Gasteiger partial charge in [-0.25, -0.2) is 17.6 Å². The molecule has 0 spiro atoms. The van der Waals surface area contributed by atoms with E-state index in [4.69, 9.17) is 5.11 Å². The predicted molar refractivity (Wildman–Crippen MR) is 412 cm³/mol. The number of piperidine rings is 1. The van der Waals surface area contributed by atoms with E-state index in [1.807, 2.05) is 41.5 Å². The molecule has 588 valence electrons. The van der Waals surface area contributed by atoms with Gasteiger partial charge >= 0.3 is 6.18 Å². The molecule has 4 unspecified atom stereocenters. The van der Waals surface area contributed by atoms with Crippen LogP contribution in [0.15, 0.2) is 0 Å². The van der Waals surface area contributed by atoms with Crippen molar-refractivity contribution in [3.8, 4) is 0 Å². The number of aliphatic hydroxyl groups is 2. The Kier molecular flexibility index (Phi) is 49.4. The highest BCUT2D eigenvalue weighted by atomic mass is 19.4. The molecule has 0 bridgehead atoms. The van der Waals surface area contributed by atoms with Crippen molar-refractivity contribution in [3.05, 3.63) is 0 Å². The van der Waals surface area contributed by atoms with Gasteiger partial charge in [-0.1, -0.05) is 207 Å². The number of halogens is 7. The van der Waals surface area contributed by atoms with Gasteiger partial charge in [-0.2, -0.15) is 13.2 Å². The summed E-state index contributed by atoms with van der Waals surface area (Å²) >= 11 is 0. The third kappa shape index (κ3) is 54.6. The zero-order valence-corrected chi connectivity index (χ0v) is 71.0. The Morgan fingerprint density at radius 1 is 0.495 bits per heavy atom. The molecule has 2 aliphatic heterocycles. The average Bonchev–Trinajstić information content (AvgIpc) is 1.63. The first-order valence-electron chi connectivity index (χ1n) is 40.1. The summed E-state index contributed by atoms with van der Waals surface area (Å²) in [6.07, 6.45) is 9.23. The van der Waals surface area contributed by atoms with Gasteiger partial charge in [0.05, 0.1) is 11.2 Å². The van der Waals surface area contributed by atoms with Crippen molar-refractivity contribution in [3.63, 3.8) is 0 Å². The highest BCUT2D eigenvalue weighted by molar-refractivity contribution is 5.01. The Morgan fingerprint density at radius 2 is 0.814 bits per heavy atom. The molecular weight excluding hydrogens is 1230 g/mol. The van der Waals surface area contributed by atoms with E-state index < -0.39 is 41.9 Å². The van der Waals surface area contributed by atoms with E-state index in [-0.39, 0.29) is 17.4 Å². The molecule has 0 aromatic carbocycles. The van der Waals surface area contributed by atoms with Crippen molar-refractivity contribution in [1.82, 2.24) is 14.7 Å². The van der Waals surface area contributed by atoms with Gasteiger partial charge in [-0.05, 0) is 275 Å². The molecule has 12 atom stereocenters. The number of alkyl halides is 7. The third-order valence-electron chi connectivity index (χ3n) is 21.8. The van der Waals surface area contributed by atoms with E-state index in [0.717, 1.165) is 122 Å². The first-order valence-corrected chi connectivity index (χ1v) is 40.1. The molecule has 10 fully saturated rings. The number of likely N-dealkylation sites (tertiary alicyclic amines) is 2. The molecule has 0 radical (unpaired) electrons. The second-order valence-corrected chi connectivity index (χ2v) is 38.1. The predicted octanol–water partition coefficient (Wildman–Crippen LogP) is 25.1. The van der Waals surface area contributed by atoms with Crippen LogP contribution >= 0.6 is 0 Å². The van der Waals surface area contributed by atoms with E-state index in [2.05, 4.69) is 195 Å². The Hall–Kier alpha value is -0.690. The van der Waals surface area contributed by atoms with Crippen molar-refractivity contribution >= 4 is 0 Å². The molecule has 2 saturated heterocycles. The second kappa shape index (κ2) is 47.7. The fourth-order valence-corrected chi connectivity index (χ4v) is 12.3. The van der Waals surface area contributed by atoms with E-state index in [1.54, 1.807) is 20.8 Å². The zero-order chi connectivity index (χ0) is 76.8. The zero-order valence-electron chi connectivity index (χ0n) is 71.0. The lowest BCUT2D eigenvalue weighted by molar-refractivity contribution is -0.141. The van der Waals surface area contributed by atoms with Crippen LogP contribution in [0.2, 0.25) is 0 Å². The first-order chi connectivity index (χ1) is 43.9. The van der Waals surface area contributed by atoms with E-state index in [9.17, 15) is 35.8 Å². The molecular formula is C85H172F7N3O2. The largest absolute Gasteiger partial charge is 0.390 e. The summed E-state index contributed by atoms with van der Waals surface area (Å²) in [6, 6.07) is 0. The maximum Gasteiger partial charge on any atom is 0.389 e. The summed E-state index contributed by atoms with van der Waals surface area (Å²) in [7, 11) is 6.37. The fraction of sp³-hybridized carbons (Fsp3) is 1.00. The maximum absolute atomic E-state index is 12.7. The molecule has 0 aromatic heterocycles. The Labute approximate surface area is 601 Å². The summed E-state index contributed by atoms with van der Waals surface area (Å²) in [5.74, 6) is 16.3. The monoisotopic (exact) mass is 1400 g/mol. The summed E-state index contributed by atoms with van der Waals surface area (Å²) in [4.78, 5) is 7.16. The lowest BCUT2D eigenvalue weighted by Crippen LogP contribution is -2.46. The number of nitrogens with zero attached hydrogens (tertiary/aromatic N) is 3. The summed E-state index contributed by atoms with van der Waals surface area (Å²) in [5.41, 5.74) is -2.31. The van der Waals surface area contributed by atoms with Crippen LogP contribution in [0, 0.1) is 136 Å². The van der Waals surface area contributed by atoms with Crippen LogP contribution in [0.3, 0.4) is 0 Å². The smallest absolute Gasteiger partial charge is 0.389 e. The van der Waals surface area contributed by atoms with Gasteiger partial charge in [0.15, 0.2) is 0 Å². The van der Waals surface area contributed by atoms with Gasteiger partial charge in [0.25, 0.3) is 0 Å². The van der Waals surface area contributed by atoms with Crippen LogP contribution in [0.25, 0.3) is 0 Å². The first kappa shape index (κ1) is 100. The minimum Gasteiger partial charge on any atom is -0.390 e. The van der Waals surface area contributed by atoms with Crippen LogP contribution in [-0.4, -0.2) is 126 Å². The molecule has 2 N–H and O–H groups in total. The quantitative estimate of drug-likeness (QED) is 0.160. The molecule has 0 aromatic rings. The molecule has 12 heteroatoms. The average molecular weight is 1400 g/mol.